The van der Waals surface area contributed by atoms with Crippen LogP contribution in [0.25, 0.3) is 17.5 Å². The molecule has 3 heterocycles. The standard InChI is InChI=1S/C25H28N6O2S/c1-19(32)26-11-12-27-22-18-23(29-25(28-22)20-6-3-2-4-7-20)30-13-15-31(16-14-30)24(33)10-9-21-8-5-17-34-21/h2-10,17-18H,11-16H2,1H3,(H,26,32)(H,27,28,29)/b10-9+. The number of benzene rings is 1. The zero-order valence-corrected chi connectivity index (χ0v) is 19.9. The summed E-state index contributed by atoms with van der Waals surface area (Å²) >= 11 is 1.61. The molecule has 0 saturated carbocycles. The van der Waals surface area contributed by atoms with Crippen molar-refractivity contribution in [2.45, 2.75) is 6.92 Å². The summed E-state index contributed by atoms with van der Waals surface area (Å²) in [7, 11) is 0. The van der Waals surface area contributed by atoms with Gasteiger partial charge < -0.3 is 20.4 Å². The Bertz CT molecular complexity index is 1130. The van der Waals surface area contributed by atoms with Gasteiger partial charge in [0.25, 0.3) is 0 Å². The second-order valence-electron chi connectivity index (χ2n) is 7.87. The smallest absolute Gasteiger partial charge is 0.246 e. The lowest BCUT2D eigenvalue weighted by Crippen LogP contribution is -2.48. The summed E-state index contributed by atoms with van der Waals surface area (Å²) in [5.41, 5.74) is 0.932. The number of anilines is 2. The number of thiophene rings is 1. The highest BCUT2D eigenvalue weighted by Gasteiger charge is 2.22. The predicted octanol–water partition coefficient (Wildman–Crippen LogP) is 3.12. The van der Waals surface area contributed by atoms with Gasteiger partial charge in [-0.25, -0.2) is 9.97 Å². The van der Waals surface area contributed by atoms with Crippen molar-refractivity contribution in [2.24, 2.45) is 0 Å². The number of amides is 2. The van der Waals surface area contributed by atoms with Gasteiger partial charge in [0, 0.05) is 68.8 Å². The summed E-state index contributed by atoms with van der Waals surface area (Å²) in [5, 5.41) is 8.06. The van der Waals surface area contributed by atoms with Gasteiger partial charge in [0.05, 0.1) is 0 Å². The number of rotatable bonds is 8. The maximum Gasteiger partial charge on any atom is 0.246 e. The quantitative estimate of drug-likeness (QED) is 0.384. The summed E-state index contributed by atoms with van der Waals surface area (Å²) in [6, 6.07) is 15.7. The third-order valence-electron chi connectivity index (χ3n) is 5.40. The maximum absolute atomic E-state index is 12.6. The lowest BCUT2D eigenvalue weighted by atomic mass is 10.2. The van der Waals surface area contributed by atoms with Crippen LogP contribution < -0.4 is 15.5 Å². The molecule has 34 heavy (non-hydrogen) atoms. The van der Waals surface area contributed by atoms with E-state index in [4.69, 9.17) is 4.98 Å². The van der Waals surface area contributed by atoms with E-state index in [9.17, 15) is 9.59 Å². The summed E-state index contributed by atoms with van der Waals surface area (Å²) in [6.45, 7) is 5.20. The Morgan fingerprint density at radius 1 is 1.03 bits per heavy atom. The lowest BCUT2D eigenvalue weighted by molar-refractivity contribution is -0.126. The molecule has 0 bridgehead atoms. The van der Waals surface area contributed by atoms with Crippen molar-refractivity contribution in [1.82, 2.24) is 20.2 Å². The van der Waals surface area contributed by atoms with Crippen LogP contribution in [0.3, 0.4) is 0 Å². The molecule has 2 N–H and O–H groups in total. The number of hydrogen-bond donors (Lipinski definition) is 2. The van der Waals surface area contributed by atoms with Crippen molar-refractivity contribution in [1.29, 1.82) is 0 Å². The first-order chi connectivity index (χ1) is 16.6. The Labute approximate surface area is 203 Å². The fourth-order valence-electron chi connectivity index (χ4n) is 3.63. The Kier molecular flexibility index (Phi) is 7.87. The van der Waals surface area contributed by atoms with Crippen LogP contribution in [0.5, 0.6) is 0 Å². The van der Waals surface area contributed by atoms with Gasteiger partial charge in [0.2, 0.25) is 11.8 Å². The molecule has 1 saturated heterocycles. The van der Waals surface area contributed by atoms with Crippen molar-refractivity contribution < 1.29 is 9.59 Å². The monoisotopic (exact) mass is 476 g/mol. The first-order valence-electron chi connectivity index (χ1n) is 11.3. The molecule has 0 atom stereocenters. The molecule has 9 heteroatoms. The lowest BCUT2D eigenvalue weighted by Gasteiger charge is -2.35. The van der Waals surface area contributed by atoms with Crippen LogP contribution in [0.4, 0.5) is 11.6 Å². The number of carbonyl (C=O) groups is 2. The molecule has 2 aromatic heterocycles. The van der Waals surface area contributed by atoms with E-state index in [0.717, 1.165) is 16.3 Å². The number of nitrogens with zero attached hydrogens (tertiary/aromatic N) is 4. The SMILES string of the molecule is CC(=O)NCCNc1cc(N2CCN(C(=O)/C=C/c3cccs3)CC2)nc(-c2ccccc2)n1. The predicted molar refractivity (Wildman–Crippen MR) is 137 cm³/mol. The van der Waals surface area contributed by atoms with Crippen molar-refractivity contribution in [3.63, 3.8) is 0 Å². The van der Waals surface area contributed by atoms with Crippen LogP contribution in [0.1, 0.15) is 11.8 Å². The van der Waals surface area contributed by atoms with E-state index < -0.39 is 0 Å². The summed E-state index contributed by atoms with van der Waals surface area (Å²) < 4.78 is 0. The Morgan fingerprint density at radius 3 is 2.53 bits per heavy atom. The fourth-order valence-corrected chi connectivity index (χ4v) is 4.25. The van der Waals surface area contributed by atoms with E-state index in [1.54, 1.807) is 17.4 Å². The van der Waals surface area contributed by atoms with E-state index in [-0.39, 0.29) is 11.8 Å². The van der Waals surface area contributed by atoms with Gasteiger partial charge in [-0.2, -0.15) is 0 Å². The van der Waals surface area contributed by atoms with Crippen LogP contribution in [0, 0.1) is 0 Å². The van der Waals surface area contributed by atoms with Crippen molar-refractivity contribution in [2.75, 3.05) is 49.5 Å². The van der Waals surface area contributed by atoms with E-state index in [0.29, 0.717) is 50.9 Å². The fraction of sp³-hybridized carbons (Fsp3) is 0.280. The highest BCUT2D eigenvalue weighted by molar-refractivity contribution is 7.10. The highest BCUT2D eigenvalue weighted by atomic mass is 32.1. The number of carbonyl (C=O) groups excluding carboxylic acids is 2. The first-order valence-corrected chi connectivity index (χ1v) is 12.1. The topological polar surface area (TPSA) is 90.5 Å². The molecule has 0 spiro atoms. The van der Waals surface area contributed by atoms with Gasteiger partial charge in [-0.1, -0.05) is 36.4 Å². The van der Waals surface area contributed by atoms with Crippen molar-refractivity contribution in [3.8, 4) is 11.4 Å². The molecule has 1 fully saturated rings. The zero-order chi connectivity index (χ0) is 23.8. The van der Waals surface area contributed by atoms with Crippen LogP contribution in [-0.2, 0) is 9.59 Å². The van der Waals surface area contributed by atoms with Gasteiger partial charge in [-0.15, -0.1) is 11.3 Å². The van der Waals surface area contributed by atoms with Crippen LogP contribution in [0.2, 0.25) is 0 Å². The number of nitrogens with one attached hydrogen (secondary N) is 2. The van der Waals surface area contributed by atoms with E-state index in [1.165, 1.54) is 6.92 Å². The van der Waals surface area contributed by atoms with Gasteiger partial charge in [-0.05, 0) is 17.5 Å². The number of hydrogen-bond acceptors (Lipinski definition) is 7. The Hall–Kier alpha value is -3.72. The highest BCUT2D eigenvalue weighted by Crippen LogP contribution is 2.23. The third-order valence-corrected chi connectivity index (χ3v) is 6.24. The minimum atomic E-state index is -0.0622. The van der Waals surface area contributed by atoms with Gasteiger partial charge >= 0.3 is 0 Å². The Morgan fingerprint density at radius 2 is 1.82 bits per heavy atom. The molecule has 3 aromatic rings. The number of piperazine rings is 1. The second-order valence-corrected chi connectivity index (χ2v) is 8.85. The normalized spacial score (nSPS) is 13.8. The molecule has 0 unspecified atom stereocenters. The summed E-state index contributed by atoms with van der Waals surface area (Å²) in [5.74, 6) is 2.12. The molecule has 2 amide bonds. The molecule has 4 rings (SSSR count). The molecular weight excluding hydrogens is 448 g/mol. The minimum absolute atomic E-state index is 0.0287. The third kappa shape index (κ3) is 6.41. The largest absolute Gasteiger partial charge is 0.368 e. The van der Waals surface area contributed by atoms with Gasteiger partial charge in [-0.3, -0.25) is 9.59 Å². The van der Waals surface area contributed by atoms with Crippen LogP contribution in [0.15, 0.2) is 60.0 Å². The van der Waals surface area contributed by atoms with Crippen LogP contribution in [-0.4, -0.2) is 66.0 Å². The molecule has 176 valence electrons. The second kappa shape index (κ2) is 11.4. The van der Waals surface area contributed by atoms with Crippen molar-refractivity contribution >= 4 is 40.9 Å². The molecule has 1 aliphatic heterocycles. The minimum Gasteiger partial charge on any atom is -0.368 e. The van der Waals surface area contributed by atoms with Gasteiger partial charge in [0.15, 0.2) is 5.82 Å². The molecule has 8 nitrogen and oxygen atoms in total. The first kappa shape index (κ1) is 23.4. The van der Waals surface area contributed by atoms with Gasteiger partial charge in [0.1, 0.15) is 11.6 Å². The van der Waals surface area contributed by atoms with Crippen LogP contribution >= 0.6 is 11.3 Å². The van der Waals surface area contributed by atoms with E-state index in [1.807, 2.05) is 64.9 Å². The zero-order valence-electron chi connectivity index (χ0n) is 19.1. The molecular formula is C25H28N6O2S. The average Bonchev–Trinajstić information content (AvgIpc) is 3.39. The summed E-state index contributed by atoms with van der Waals surface area (Å²) in [4.78, 5) is 38.3. The average molecular weight is 477 g/mol. The number of aromatic nitrogens is 2. The van der Waals surface area contributed by atoms with E-state index >= 15 is 0 Å². The molecule has 0 radical (unpaired) electrons. The molecule has 0 aliphatic carbocycles. The molecule has 1 aliphatic rings. The summed E-state index contributed by atoms with van der Waals surface area (Å²) in [6.07, 6.45) is 3.52. The maximum atomic E-state index is 12.6. The van der Waals surface area contributed by atoms with Crippen molar-refractivity contribution in [3.05, 3.63) is 64.9 Å². The molecule has 1 aromatic carbocycles. The van der Waals surface area contributed by atoms with E-state index in [2.05, 4.69) is 20.5 Å². The Balaban J connectivity index is 1.44.